The average molecular weight is 509 g/mol. The molecule has 0 aliphatic carbocycles. The highest BCUT2D eigenvalue weighted by Gasteiger charge is 2.23. The maximum absolute atomic E-state index is 12.4. The molecule has 4 rings (SSSR count). The molecule has 0 aliphatic heterocycles. The number of nitrogens with one attached hydrogen (secondary N) is 1. The summed E-state index contributed by atoms with van der Waals surface area (Å²) >= 11 is 2.60. The number of hydrogen-bond donors (Lipinski definition) is 2. The Morgan fingerprint density at radius 3 is 2.66 bits per heavy atom. The molecule has 2 aromatic heterocycles. The summed E-state index contributed by atoms with van der Waals surface area (Å²) in [6.07, 6.45) is 1.89. The zero-order chi connectivity index (χ0) is 24.8. The van der Waals surface area contributed by atoms with Crippen LogP contribution in [0.15, 0.2) is 59.8 Å². The second kappa shape index (κ2) is 11.2. The maximum atomic E-state index is 12.4. The third-order valence-electron chi connectivity index (χ3n) is 5.01. The molecular weight excluding hydrogens is 484 g/mol. The summed E-state index contributed by atoms with van der Waals surface area (Å²) in [7, 11) is 0. The van der Waals surface area contributed by atoms with Crippen LogP contribution < -0.4 is 15.8 Å². The van der Waals surface area contributed by atoms with Gasteiger partial charge in [-0.25, -0.2) is 14.8 Å². The zero-order valence-electron chi connectivity index (χ0n) is 19.2. The molecule has 2 aromatic carbocycles. The lowest BCUT2D eigenvalue weighted by Gasteiger charge is -2.10. The Bertz CT molecular complexity index is 1360. The van der Waals surface area contributed by atoms with Gasteiger partial charge in [-0.1, -0.05) is 42.1 Å². The SMILES string of the molecule is CCOC(=O)c1sc2nc(SC)nc(-c3cccc(OCCNC(=O)c4ccccc4)c3)c2c1N. The predicted octanol–water partition coefficient (Wildman–Crippen LogP) is 4.65. The van der Waals surface area contributed by atoms with Crippen molar-refractivity contribution in [2.45, 2.75) is 12.1 Å². The largest absolute Gasteiger partial charge is 0.492 e. The average Bonchev–Trinajstić information content (AvgIpc) is 3.23. The van der Waals surface area contributed by atoms with E-state index in [1.807, 2.05) is 48.7 Å². The first-order valence-corrected chi connectivity index (χ1v) is 12.9. The first-order chi connectivity index (χ1) is 17.0. The number of esters is 1. The monoisotopic (exact) mass is 508 g/mol. The number of hydrogen-bond acceptors (Lipinski definition) is 9. The Balaban J connectivity index is 1.55. The van der Waals surface area contributed by atoms with Gasteiger partial charge in [0.05, 0.1) is 29.9 Å². The Hall–Kier alpha value is -3.63. The van der Waals surface area contributed by atoms with E-state index in [4.69, 9.17) is 15.2 Å². The molecule has 2 heterocycles. The van der Waals surface area contributed by atoms with Crippen LogP contribution in [0.1, 0.15) is 27.0 Å². The van der Waals surface area contributed by atoms with Crippen LogP contribution in [0.2, 0.25) is 0 Å². The topological polar surface area (TPSA) is 116 Å². The van der Waals surface area contributed by atoms with Crippen LogP contribution >= 0.6 is 23.1 Å². The number of anilines is 1. The van der Waals surface area contributed by atoms with Crippen molar-refractivity contribution in [1.29, 1.82) is 0 Å². The van der Waals surface area contributed by atoms with Crippen LogP contribution in [0.5, 0.6) is 5.75 Å². The van der Waals surface area contributed by atoms with Crippen molar-refractivity contribution in [3.8, 4) is 17.0 Å². The van der Waals surface area contributed by atoms with Crippen LogP contribution in [0.25, 0.3) is 21.5 Å². The lowest BCUT2D eigenvalue weighted by molar-refractivity contribution is 0.0533. The second-order valence-corrected chi connectivity index (χ2v) is 9.08. The summed E-state index contributed by atoms with van der Waals surface area (Å²) in [5.41, 5.74) is 8.66. The summed E-state index contributed by atoms with van der Waals surface area (Å²) in [5.74, 6) is -0.00566. The molecule has 0 fully saturated rings. The highest BCUT2D eigenvalue weighted by Crippen LogP contribution is 2.40. The standard InChI is InChI=1S/C25H24N4O4S2/c1-3-32-24(31)21-19(26)18-20(28-25(34-2)29-23(18)35-21)16-10-7-11-17(14-16)33-13-12-27-22(30)15-8-5-4-6-9-15/h4-11,14H,3,12-13,26H2,1-2H3,(H,27,30). The van der Waals surface area contributed by atoms with E-state index >= 15 is 0 Å². The van der Waals surface area contributed by atoms with Crippen LogP contribution in [-0.2, 0) is 4.74 Å². The molecule has 180 valence electrons. The molecule has 0 spiro atoms. The highest BCUT2D eigenvalue weighted by molar-refractivity contribution is 7.98. The summed E-state index contributed by atoms with van der Waals surface area (Å²) < 4.78 is 11.0. The number of nitrogens with zero attached hydrogens (tertiary/aromatic N) is 2. The summed E-state index contributed by atoms with van der Waals surface area (Å²) in [4.78, 5) is 34.7. The number of carbonyl (C=O) groups excluding carboxylic acids is 2. The number of ether oxygens (including phenoxy) is 2. The van der Waals surface area contributed by atoms with E-state index in [1.54, 1.807) is 19.1 Å². The smallest absolute Gasteiger partial charge is 0.350 e. The molecule has 0 radical (unpaired) electrons. The maximum Gasteiger partial charge on any atom is 0.350 e. The first kappa shape index (κ1) is 24.5. The van der Waals surface area contributed by atoms with Gasteiger partial charge < -0.3 is 20.5 Å². The van der Waals surface area contributed by atoms with E-state index in [1.165, 1.54) is 23.1 Å². The molecular formula is C25H24N4O4S2. The molecule has 0 unspecified atom stereocenters. The van der Waals surface area contributed by atoms with E-state index < -0.39 is 5.97 Å². The fourth-order valence-corrected chi connectivity index (χ4v) is 4.82. The van der Waals surface area contributed by atoms with E-state index in [0.29, 0.717) is 56.1 Å². The number of nitrogen functional groups attached to an aromatic ring is 1. The van der Waals surface area contributed by atoms with Crippen LogP contribution in [0.3, 0.4) is 0 Å². The van der Waals surface area contributed by atoms with Crippen molar-refractivity contribution in [2.75, 3.05) is 31.7 Å². The number of nitrogens with two attached hydrogens (primary N) is 1. The lowest BCUT2D eigenvalue weighted by atomic mass is 10.1. The molecule has 0 aliphatic rings. The van der Waals surface area contributed by atoms with Crippen LogP contribution in [0, 0.1) is 0 Å². The van der Waals surface area contributed by atoms with Gasteiger partial charge in [0.25, 0.3) is 5.91 Å². The molecule has 8 nitrogen and oxygen atoms in total. The molecule has 10 heteroatoms. The number of rotatable bonds is 9. The summed E-state index contributed by atoms with van der Waals surface area (Å²) in [6, 6.07) is 16.5. The molecule has 0 bridgehead atoms. The number of thiophene rings is 1. The van der Waals surface area contributed by atoms with Gasteiger partial charge in [0.15, 0.2) is 5.16 Å². The van der Waals surface area contributed by atoms with E-state index in [9.17, 15) is 9.59 Å². The molecule has 0 atom stereocenters. The normalized spacial score (nSPS) is 10.8. The summed E-state index contributed by atoms with van der Waals surface area (Å²) in [6.45, 7) is 2.65. The Labute approximate surface area is 210 Å². The number of aromatic nitrogens is 2. The van der Waals surface area contributed by atoms with Crippen molar-refractivity contribution >= 4 is 50.9 Å². The molecule has 0 saturated heterocycles. The number of benzene rings is 2. The van der Waals surface area contributed by atoms with Gasteiger partial charge in [-0.05, 0) is 37.4 Å². The van der Waals surface area contributed by atoms with E-state index in [-0.39, 0.29) is 12.5 Å². The highest BCUT2D eigenvalue weighted by atomic mass is 32.2. The Kier molecular flexibility index (Phi) is 7.84. The van der Waals surface area contributed by atoms with Crippen LogP contribution in [-0.4, -0.2) is 47.9 Å². The fourth-order valence-electron chi connectivity index (χ4n) is 3.41. The first-order valence-electron chi connectivity index (χ1n) is 10.9. The van der Waals surface area contributed by atoms with E-state index in [2.05, 4.69) is 15.3 Å². The molecule has 3 N–H and O–H groups in total. The quantitative estimate of drug-likeness (QED) is 0.145. The van der Waals surface area contributed by atoms with Gasteiger partial charge in [-0.15, -0.1) is 11.3 Å². The van der Waals surface area contributed by atoms with Gasteiger partial charge in [-0.2, -0.15) is 0 Å². The van der Waals surface area contributed by atoms with Gasteiger partial charge >= 0.3 is 5.97 Å². The summed E-state index contributed by atoms with van der Waals surface area (Å²) in [5, 5.41) is 4.02. The number of fused-ring (bicyclic) bond motifs is 1. The van der Waals surface area contributed by atoms with Gasteiger partial charge in [-0.3, -0.25) is 4.79 Å². The van der Waals surface area contributed by atoms with Crippen molar-refractivity contribution in [3.05, 3.63) is 65.0 Å². The Morgan fingerprint density at radius 1 is 1.11 bits per heavy atom. The van der Waals surface area contributed by atoms with Gasteiger partial charge in [0.2, 0.25) is 0 Å². The minimum Gasteiger partial charge on any atom is -0.492 e. The Morgan fingerprint density at radius 2 is 1.91 bits per heavy atom. The van der Waals surface area contributed by atoms with Crippen molar-refractivity contribution in [3.63, 3.8) is 0 Å². The third kappa shape index (κ3) is 5.55. The molecule has 4 aromatic rings. The molecule has 35 heavy (non-hydrogen) atoms. The van der Waals surface area contributed by atoms with E-state index in [0.717, 1.165) is 5.56 Å². The molecule has 0 saturated carbocycles. The predicted molar refractivity (Wildman–Crippen MR) is 139 cm³/mol. The van der Waals surface area contributed by atoms with Gasteiger partial charge in [0.1, 0.15) is 22.1 Å². The minimum absolute atomic E-state index is 0.152. The van der Waals surface area contributed by atoms with Crippen molar-refractivity contribution in [1.82, 2.24) is 15.3 Å². The fraction of sp³-hybridized carbons (Fsp3) is 0.200. The number of carbonyl (C=O) groups is 2. The van der Waals surface area contributed by atoms with Gasteiger partial charge in [0, 0.05) is 11.1 Å². The zero-order valence-corrected chi connectivity index (χ0v) is 20.9. The van der Waals surface area contributed by atoms with Crippen molar-refractivity contribution < 1.29 is 19.1 Å². The van der Waals surface area contributed by atoms with Crippen molar-refractivity contribution in [2.24, 2.45) is 0 Å². The second-order valence-electron chi connectivity index (χ2n) is 7.30. The van der Waals surface area contributed by atoms with Crippen LogP contribution in [0.4, 0.5) is 5.69 Å². The number of thioether (sulfide) groups is 1. The third-order valence-corrected chi connectivity index (χ3v) is 6.64. The molecule has 1 amide bonds. The minimum atomic E-state index is -0.473. The lowest BCUT2D eigenvalue weighted by Crippen LogP contribution is -2.28. The number of amides is 1.